The topological polar surface area (TPSA) is 61.4 Å². The number of hydrogen-bond donors (Lipinski definition) is 3. The predicted octanol–water partition coefficient (Wildman–Crippen LogP) is 3.92. The van der Waals surface area contributed by atoms with Gasteiger partial charge in [-0.05, 0) is 48.2 Å². The molecule has 6 heteroatoms. The summed E-state index contributed by atoms with van der Waals surface area (Å²) in [6.45, 7) is -0.194. The van der Waals surface area contributed by atoms with E-state index < -0.39 is 6.04 Å². The molecule has 0 aromatic heterocycles. The second kappa shape index (κ2) is 8.08. The van der Waals surface area contributed by atoms with E-state index in [-0.39, 0.29) is 12.6 Å². The first-order valence-electron chi connectivity index (χ1n) is 6.70. The van der Waals surface area contributed by atoms with E-state index in [2.05, 4.69) is 10.6 Å². The van der Waals surface area contributed by atoms with Crippen LogP contribution in [0.1, 0.15) is 11.6 Å². The zero-order valence-corrected chi connectivity index (χ0v) is 13.6. The molecule has 0 aliphatic heterocycles. The highest BCUT2D eigenvalue weighted by molar-refractivity contribution is 7.98. The van der Waals surface area contributed by atoms with Gasteiger partial charge in [0.2, 0.25) is 0 Å². The Morgan fingerprint density at radius 3 is 2.36 bits per heavy atom. The van der Waals surface area contributed by atoms with Gasteiger partial charge in [-0.25, -0.2) is 4.79 Å². The van der Waals surface area contributed by atoms with Gasteiger partial charge in [-0.2, -0.15) is 0 Å². The predicted molar refractivity (Wildman–Crippen MR) is 91.7 cm³/mol. The highest BCUT2D eigenvalue weighted by Crippen LogP contribution is 2.18. The van der Waals surface area contributed by atoms with Crippen molar-refractivity contribution in [2.75, 3.05) is 18.2 Å². The first-order chi connectivity index (χ1) is 10.6. The van der Waals surface area contributed by atoms with Crippen LogP contribution in [-0.4, -0.2) is 24.0 Å². The number of carbonyl (C=O) groups is 1. The van der Waals surface area contributed by atoms with E-state index in [1.807, 2.05) is 30.5 Å². The number of hydrogen-bond acceptors (Lipinski definition) is 3. The summed E-state index contributed by atoms with van der Waals surface area (Å²) in [5, 5.41) is 15.5. The van der Waals surface area contributed by atoms with Crippen LogP contribution in [-0.2, 0) is 0 Å². The quantitative estimate of drug-likeness (QED) is 0.725. The van der Waals surface area contributed by atoms with E-state index in [9.17, 15) is 9.90 Å². The van der Waals surface area contributed by atoms with E-state index in [1.54, 1.807) is 36.0 Å². The molecule has 2 aromatic carbocycles. The minimum atomic E-state index is -0.484. The maximum Gasteiger partial charge on any atom is 0.319 e. The third-order valence-electron chi connectivity index (χ3n) is 3.11. The molecule has 22 heavy (non-hydrogen) atoms. The standard InChI is InChI=1S/C16H17ClN2O2S/c1-22-14-8-6-13(7-9-14)18-16(21)19-15(10-20)11-2-4-12(17)5-3-11/h2-9,15,20H,10H2,1H3,(H2,18,19,21). The molecule has 0 fully saturated rings. The number of thioether (sulfide) groups is 1. The van der Waals surface area contributed by atoms with E-state index >= 15 is 0 Å². The van der Waals surface area contributed by atoms with Gasteiger partial charge in [-0.3, -0.25) is 0 Å². The second-order valence-corrected chi connectivity index (χ2v) is 5.93. The van der Waals surface area contributed by atoms with Crippen molar-refractivity contribution in [3.8, 4) is 0 Å². The summed E-state index contributed by atoms with van der Waals surface area (Å²) in [5.41, 5.74) is 1.49. The molecule has 3 N–H and O–H groups in total. The summed E-state index contributed by atoms with van der Waals surface area (Å²) in [6.07, 6.45) is 1.99. The molecular weight excluding hydrogens is 320 g/mol. The Morgan fingerprint density at radius 2 is 1.82 bits per heavy atom. The van der Waals surface area contributed by atoms with E-state index in [0.29, 0.717) is 10.7 Å². The lowest BCUT2D eigenvalue weighted by atomic mass is 10.1. The molecule has 0 bridgehead atoms. The Bertz CT molecular complexity index is 617. The number of carbonyl (C=O) groups excluding carboxylic acids is 1. The van der Waals surface area contributed by atoms with Crippen molar-refractivity contribution >= 4 is 35.1 Å². The number of benzene rings is 2. The average molecular weight is 337 g/mol. The SMILES string of the molecule is CSc1ccc(NC(=O)NC(CO)c2ccc(Cl)cc2)cc1. The number of halogens is 1. The first kappa shape index (κ1) is 16.7. The molecular formula is C16H17ClN2O2S. The number of rotatable bonds is 5. The molecule has 0 spiro atoms. The molecule has 0 aliphatic rings. The van der Waals surface area contributed by atoms with Crippen molar-refractivity contribution in [1.29, 1.82) is 0 Å². The molecule has 0 radical (unpaired) electrons. The van der Waals surface area contributed by atoms with Crippen LogP contribution >= 0.6 is 23.4 Å². The minimum absolute atomic E-state index is 0.194. The van der Waals surface area contributed by atoms with Crippen LogP contribution in [0.5, 0.6) is 0 Å². The highest BCUT2D eigenvalue weighted by atomic mass is 35.5. The second-order valence-electron chi connectivity index (χ2n) is 4.61. The molecule has 2 amide bonds. The number of anilines is 1. The molecule has 4 nitrogen and oxygen atoms in total. The number of amides is 2. The van der Waals surface area contributed by atoms with Crippen LogP contribution < -0.4 is 10.6 Å². The van der Waals surface area contributed by atoms with Crippen molar-refractivity contribution in [2.45, 2.75) is 10.9 Å². The van der Waals surface area contributed by atoms with Crippen LogP contribution in [0.4, 0.5) is 10.5 Å². The van der Waals surface area contributed by atoms with Crippen molar-refractivity contribution < 1.29 is 9.90 Å². The Morgan fingerprint density at radius 1 is 1.18 bits per heavy atom. The molecule has 2 rings (SSSR count). The fraction of sp³-hybridized carbons (Fsp3) is 0.188. The van der Waals surface area contributed by atoms with Gasteiger partial charge in [-0.1, -0.05) is 23.7 Å². The minimum Gasteiger partial charge on any atom is -0.394 e. The summed E-state index contributed by atoms with van der Waals surface area (Å²) >= 11 is 7.47. The van der Waals surface area contributed by atoms with Gasteiger partial charge in [-0.15, -0.1) is 11.8 Å². The first-order valence-corrected chi connectivity index (χ1v) is 8.30. The Kier molecular flexibility index (Phi) is 6.12. The lowest BCUT2D eigenvalue weighted by Gasteiger charge is -2.17. The molecule has 116 valence electrons. The van der Waals surface area contributed by atoms with Crippen LogP contribution in [0.25, 0.3) is 0 Å². The van der Waals surface area contributed by atoms with Crippen LogP contribution in [0.15, 0.2) is 53.4 Å². The van der Waals surface area contributed by atoms with Gasteiger partial charge in [0, 0.05) is 15.6 Å². The van der Waals surface area contributed by atoms with E-state index in [0.717, 1.165) is 10.5 Å². The zero-order chi connectivity index (χ0) is 15.9. The third kappa shape index (κ3) is 4.66. The van der Waals surface area contributed by atoms with Crippen LogP contribution in [0.2, 0.25) is 5.02 Å². The normalized spacial score (nSPS) is 11.8. The molecule has 2 aromatic rings. The molecule has 0 saturated heterocycles. The van der Waals surface area contributed by atoms with Gasteiger partial charge in [0.1, 0.15) is 0 Å². The van der Waals surface area contributed by atoms with Gasteiger partial charge in [0.25, 0.3) is 0 Å². The van der Waals surface area contributed by atoms with Crippen molar-refractivity contribution in [3.63, 3.8) is 0 Å². The highest BCUT2D eigenvalue weighted by Gasteiger charge is 2.13. The average Bonchev–Trinajstić information content (AvgIpc) is 2.54. The number of aliphatic hydroxyl groups is 1. The molecule has 1 atom stereocenters. The van der Waals surface area contributed by atoms with Crippen molar-refractivity contribution in [1.82, 2.24) is 5.32 Å². The summed E-state index contributed by atoms with van der Waals surface area (Å²) in [7, 11) is 0. The largest absolute Gasteiger partial charge is 0.394 e. The summed E-state index contributed by atoms with van der Waals surface area (Å²) in [4.78, 5) is 13.1. The fourth-order valence-electron chi connectivity index (χ4n) is 1.93. The van der Waals surface area contributed by atoms with E-state index in [4.69, 9.17) is 11.6 Å². The summed E-state index contributed by atoms with van der Waals surface area (Å²) in [6, 6.07) is 13.7. The fourth-order valence-corrected chi connectivity index (χ4v) is 2.46. The van der Waals surface area contributed by atoms with Gasteiger partial charge in [0.05, 0.1) is 12.6 Å². The lowest BCUT2D eigenvalue weighted by molar-refractivity contribution is 0.225. The van der Waals surface area contributed by atoms with Crippen LogP contribution in [0.3, 0.4) is 0 Å². The molecule has 1 unspecified atom stereocenters. The Labute approximate surface area is 138 Å². The smallest absolute Gasteiger partial charge is 0.319 e. The number of aliphatic hydroxyl groups excluding tert-OH is 1. The molecule has 0 heterocycles. The van der Waals surface area contributed by atoms with Gasteiger partial charge < -0.3 is 15.7 Å². The van der Waals surface area contributed by atoms with Crippen molar-refractivity contribution in [2.24, 2.45) is 0 Å². The molecule has 0 aliphatic carbocycles. The van der Waals surface area contributed by atoms with Crippen molar-refractivity contribution in [3.05, 3.63) is 59.1 Å². The number of urea groups is 1. The van der Waals surface area contributed by atoms with Crippen LogP contribution in [0, 0.1) is 0 Å². The number of nitrogens with one attached hydrogen (secondary N) is 2. The monoisotopic (exact) mass is 336 g/mol. The third-order valence-corrected chi connectivity index (χ3v) is 4.10. The zero-order valence-electron chi connectivity index (χ0n) is 12.0. The lowest BCUT2D eigenvalue weighted by Crippen LogP contribution is -2.34. The van der Waals surface area contributed by atoms with Gasteiger partial charge >= 0.3 is 6.03 Å². The van der Waals surface area contributed by atoms with E-state index in [1.165, 1.54) is 0 Å². The maximum absolute atomic E-state index is 12.0. The summed E-state index contributed by atoms with van der Waals surface area (Å²) < 4.78 is 0. The summed E-state index contributed by atoms with van der Waals surface area (Å²) in [5.74, 6) is 0. The van der Waals surface area contributed by atoms with Gasteiger partial charge in [0.15, 0.2) is 0 Å². The molecule has 0 saturated carbocycles. The Hall–Kier alpha value is -1.69. The maximum atomic E-state index is 12.0. The Balaban J connectivity index is 1.98.